The molecule has 1 saturated carbocycles. The monoisotopic (exact) mass is 475 g/mol. The Morgan fingerprint density at radius 1 is 1.36 bits per heavy atom. The van der Waals surface area contributed by atoms with Gasteiger partial charge >= 0.3 is 0 Å². The fourth-order valence-corrected chi connectivity index (χ4v) is 4.43. The highest BCUT2D eigenvalue weighted by atomic mass is 79.9. The van der Waals surface area contributed by atoms with E-state index in [9.17, 15) is 17.7 Å². The van der Waals surface area contributed by atoms with Gasteiger partial charge < -0.3 is 9.12 Å². The highest BCUT2D eigenvalue weighted by molar-refractivity contribution is 9.10. The molecular formula is C19H21BrF3N3OS. The summed E-state index contributed by atoms with van der Waals surface area (Å²) in [5, 5.41) is 9.38. The van der Waals surface area contributed by atoms with Gasteiger partial charge in [-0.3, -0.25) is 0 Å². The number of alkyl halides is 2. The van der Waals surface area contributed by atoms with Crippen molar-refractivity contribution in [2.24, 2.45) is 5.92 Å². The summed E-state index contributed by atoms with van der Waals surface area (Å²) in [6.07, 6.45) is -0.00569. The van der Waals surface area contributed by atoms with Crippen LogP contribution in [0.1, 0.15) is 51.3 Å². The van der Waals surface area contributed by atoms with Crippen molar-refractivity contribution < 1.29 is 17.7 Å². The second kappa shape index (κ2) is 7.90. The third-order valence-electron chi connectivity index (χ3n) is 4.97. The summed E-state index contributed by atoms with van der Waals surface area (Å²) in [7, 11) is 0. The van der Waals surface area contributed by atoms with Crippen LogP contribution >= 0.6 is 15.9 Å². The van der Waals surface area contributed by atoms with Crippen LogP contribution in [0.4, 0.5) is 13.2 Å². The summed E-state index contributed by atoms with van der Waals surface area (Å²) < 4.78 is 58.3. The number of nitriles is 1. The molecule has 1 heterocycles. The van der Waals surface area contributed by atoms with Crippen LogP contribution < -0.4 is 4.72 Å². The lowest BCUT2D eigenvalue weighted by Crippen LogP contribution is -2.43. The van der Waals surface area contributed by atoms with Crippen molar-refractivity contribution in [2.45, 2.75) is 56.9 Å². The van der Waals surface area contributed by atoms with Gasteiger partial charge in [0.05, 0.1) is 16.5 Å². The highest BCUT2D eigenvalue weighted by Crippen LogP contribution is 2.42. The van der Waals surface area contributed by atoms with E-state index in [1.807, 2.05) is 4.57 Å². The molecule has 0 bridgehead atoms. The predicted octanol–water partition coefficient (Wildman–Crippen LogP) is 5.38. The van der Waals surface area contributed by atoms with Gasteiger partial charge in [-0.15, -0.1) is 4.72 Å². The SMILES string of the molecule is CC(C)(C)[S@+]([O-])NC(c1cn(C2CC(C#N)C2)c2cc(Br)c(F)cc12)C(F)F. The number of nitrogens with one attached hydrogen (secondary N) is 1. The zero-order valence-corrected chi connectivity index (χ0v) is 18.1. The van der Waals surface area contributed by atoms with E-state index >= 15 is 0 Å². The first-order valence-electron chi connectivity index (χ1n) is 8.88. The molecule has 1 fully saturated rings. The molecule has 1 aromatic heterocycles. The molecule has 2 aromatic rings. The fraction of sp³-hybridized carbons (Fsp3) is 0.526. The van der Waals surface area contributed by atoms with Crippen LogP contribution in [0.15, 0.2) is 22.8 Å². The van der Waals surface area contributed by atoms with E-state index in [0.29, 0.717) is 23.7 Å². The molecule has 9 heteroatoms. The highest BCUT2D eigenvalue weighted by Gasteiger charge is 2.37. The number of rotatable bonds is 5. The van der Waals surface area contributed by atoms with Gasteiger partial charge in [0.25, 0.3) is 6.43 Å². The van der Waals surface area contributed by atoms with Gasteiger partial charge in [0.1, 0.15) is 16.6 Å². The third kappa shape index (κ3) is 4.06. The van der Waals surface area contributed by atoms with Crippen molar-refractivity contribution in [1.29, 1.82) is 5.26 Å². The summed E-state index contributed by atoms with van der Waals surface area (Å²) in [6, 6.07) is 3.48. The summed E-state index contributed by atoms with van der Waals surface area (Å²) in [5.41, 5.74) is 0.813. The van der Waals surface area contributed by atoms with E-state index in [0.717, 1.165) is 0 Å². The molecule has 1 aliphatic carbocycles. The van der Waals surface area contributed by atoms with E-state index in [1.165, 1.54) is 6.07 Å². The molecule has 0 amide bonds. The number of nitrogens with zero attached hydrogens (tertiary/aromatic N) is 2. The molecule has 2 atom stereocenters. The molecule has 0 radical (unpaired) electrons. The molecular weight excluding hydrogens is 455 g/mol. The lowest BCUT2D eigenvalue weighted by molar-refractivity contribution is 0.109. The maximum atomic E-state index is 14.2. The minimum absolute atomic E-state index is 0.00954. The summed E-state index contributed by atoms with van der Waals surface area (Å²) in [4.78, 5) is 0. The molecule has 0 spiro atoms. The molecule has 152 valence electrons. The van der Waals surface area contributed by atoms with Crippen LogP contribution in [0.5, 0.6) is 0 Å². The van der Waals surface area contributed by atoms with Gasteiger partial charge in [0, 0.05) is 40.1 Å². The lowest BCUT2D eigenvalue weighted by atomic mass is 9.81. The maximum absolute atomic E-state index is 14.2. The molecule has 4 nitrogen and oxygen atoms in total. The standard InChI is InChI=1S/C19H21BrF3N3OS/c1-19(2,3)28(27)25-17(18(22)23)13-9-26(11-4-10(5-11)8-24)16-7-14(20)15(21)6-12(13)16/h6-7,9-11,17-18,25H,4-5H2,1-3H3/t10?,11?,17?,28-/m0/s1. The average Bonchev–Trinajstić information content (AvgIpc) is 2.89. The molecule has 1 N–H and O–H groups in total. The van der Waals surface area contributed by atoms with Crippen molar-refractivity contribution >= 4 is 38.2 Å². The van der Waals surface area contributed by atoms with Gasteiger partial charge in [-0.1, -0.05) is 0 Å². The Labute approximate surface area is 173 Å². The Kier molecular flexibility index (Phi) is 6.07. The number of fused-ring (bicyclic) bond motifs is 1. The van der Waals surface area contributed by atoms with Crippen LogP contribution in [-0.4, -0.2) is 20.3 Å². The quantitative estimate of drug-likeness (QED) is 0.590. The van der Waals surface area contributed by atoms with E-state index in [2.05, 4.69) is 26.7 Å². The van der Waals surface area contributed by atoms with E-state index < -0.39 is 34.4 Å². The molecule has 1 unspecified atom stereocenters. The lowest BCUT2D eigenvalue weighted by Gasteiger charge is -2.32. The van der Waals surface area contributed by atoms with Crippen LogP contribution in [0.2, 0.25) is 0 Å². The van der Waals surface area contributed by atoms with Crippen molar-refractivity contribution in [3.8, 4) is 6.07 Å². The minimum Gasteiger partial charge on any atom is -0.598 e. The number of hydrogen-bond donors (Lipinski definition) is 1. The first-order valence-corrected chi connectivity index (χ1v) is 10.8. The van der Waals surface area contributed by atoms with Crippen molar-refractivity contribution in [1.82, 2.24) is 9.29 Å². The molecule has 0 aliphatic heterocycles. The molecule has 28 heavy (non-hydrogen) atoms. The van der Waals surface area contributed by atoms with Crippen LogP contribution in [0.25, 0.3) is 10.9 Å². The maximum Gasteiger partial charge on any atom is 0.262 e. The van der Waals surface area contributed by atoms with Crippen LogP contribution in [-0.2, 0) is 11.4 Å². The predicted molar refractivity (Wildman–Crippen MR) is 107 cm³/mol. The topological polar surface area (TPSA) is 63.8 Å². The zero-order valence-electron chi connectivity index (χ0n) is 15.7. The van der Waals surface area contributed by atoms with Gasteiger partial charge in [0.15, 0.2) is 0 Å². The van der Waals surface area contributed by atoms with Gasteiger partial charge in [-0.25, -0.2) is 13.2 Å². The second-order valence-electron chi connectivity index (χ2n) is 8.04. The Bertz CT molecular complexity index is 916. The zero-order chi connectivity index (χ0) is 20.8. The first-order chi connectivity index (χ1) is 13.0. The Balaban J connectivity index is 2.08. The van der Waals surface area contributed by atoms with Gasteiger partial charge in [-0.05, 0) is 61.7 Å². The molecule has 0 saturated heterocycles. The van der Waals surface area contributed by atoms with Crippen LogP contribution in [0, 0.1) is 23.1 Å². The molecule has 1 aromatic carbocycles. The average molecular weight is 476 g/mol. The third-order valence-corrected chi connectivity index (χ3v) is 7.16. The summed E-state index contributed by atoms with van der Waals surface area (Å²) in [5.74, 6) is -0.618. The smallest absolute Gasteiger partial charge is 0.262 e. The number of halogens is 4. The Hall–Kier alpha value is -1.21. The largest absolute Gasteiger partial charge is 0.598 e. The minimum atomic E-state index is -2.83. The first kappa shape index (κ1) is 21.5. The number of hydrogen-bond acceptors (Lipinski definition) is 3. The number of aromatic nitrogens is 1. The Morgan fingerprint density at radius 3 is 2.54 bits per heavy atom. The second-order valence-corrected chi connectivity index (χ2v) is 10.9. The van der Waals surface area contributed by atoms with E-state index in [1.54, 1.807) is 33.0 Å². The van der Waals surface area contributed by atoms with Gasteiger partial charge in [-0.2, -0.15) is 5.26 Å². The fourth-order valence-electron chi connectivity index (χ4n) is 3.28. The Morgan fingerprint density at radius 2 is 2.00 bits per heavy atom. The molecule has 3 rings (SSSR count). The van der Waals surface area contributed by atoms with Gasteiger partial charge in [0.2, 0.25) is 0 Å². The van der Waals surface area contributed by atoms with E-state index in [4.69, 9.17) is 5.26 Å². The van der Waals surface area contributed by atoms with E-state index in [-0.39, 0.29) is 22.0 Å². The summed E-state index contributed by atoms with van der Waals surface area (Å²) >= 11 is 1.43. The van der Waals surface area contributed by atoms with Crippen molar-refractivity contribution in [3.05, 3.63) is 34.2 Å². The van der Waals surface area contributed by atoms with Crippen LogP contribution in [0.3, 0.4) is 0 Å². The normalized spacial score (nSPS) is 22.1. The van der Waals surface area contributed by atoms with Crippen molar-refractivity contribution in [2.75, 3.05) is 0 Å². The number of benzene rings is 1. The summed E-state index contributed by atoms with van der Waals surface area (Å²) in [6.45, 7) is 5.07. The van der Waals surface area contributed by atoms with Crippen molar-refractivity contribution in [3.63, 3.8) is 0 Å². The molecule has 1 aliphatic rings.